The molecule has 0 aromatic carbocycles. The van der Waals surface area contributed by atoms with Crippen molar-refractivity contribution in [3.05, 3.63) is 0 Å². The van der Waals surface area contributed by atoms with Crippen LogP contribution in [0.5, 0.6) is 0 Å². The second kappa shape index (κ2) is 2.96. The van der Waals surface area contributed by atoms with Crippen LogP contribution in [0.3, 0.4) is 0 Å². The Morgan fingerprint density at radius 2 is 2.14 bits per heavy atom. The molecular weight excluding hydrogens is 180 g/mol. The predicted molar refractivity (Wildman–Crippen MR) is 51.6 cm³/mol. The summed E-state index contributed by atoms with van der Waals surface area (Å²) < 4.78 is 10.9. The number of hydrogen-bond acceptors (Lipinski definition) is 3. The van der Waals surface area contributed by atoms with Crippen molar-refractivity contribution >= 4 is 5.97 Å². The molecule has 1 saturated heterocycles. The molecule has 3 heteroatoms. The second-order valence-electron chi connectivity index (χ2n) is 4.93. The van der Waals surface area contributed by atoms with E-state index < -0.39 is 5.79 Å². The summed E-state index contributed by atoms with van der Waals surface area (Å²) in [4.78, 5) is 11.7. The van der Waals surface area contributed by atoms with E-state index in [4.69, 9.17) is 9.47 Å². The number of carbonyl (C=O) groups is 1. The molecule has 0 unspecified atom stereocenters. The number of rotatable bonds is 1. The maximum atomic E-state index is 11.7. The first-order valence-electron chi connectivity index (χ1n) is 5.31. The Morgan fingerprint density at radius 3 is 2.71 bits per heavy atom. The van der Waals surface area contributed by atoms with Gasteiger partial charge in [-0.15, -0.1) is 0 Å². The van der Waals surface area contributed by atoms with Gasteiger partial charge in [-0.1, -0.05) is 6.42 Å². The largest absolute Gasteiger partial charge is 0.432 e. The van der Waals surface area contributed by atoms with Crippen molar-refractivity contribution in [1.29, 1.82) is 0 Å². The number of hydrogen-bond donors (Lipinski definition) is 0. The van der Waals surface area contributed by atoms with Crippen molar-refractivity contribution in [3.63, 3.8) is 0 Å². The smallest absolute Gasteiger partial charge is 0.314 e. The van der Waals surface area contributed by atoms with Gasteiger partial charge in [0.2, 0.25) is 5.79 Å². The van der Waals surface area contributed by atoms with Crippen LogP contribution < -0.4 is 0 Å². The SMILES string of the molecule is CO[C@@]12CCCC[C@@H]1C(C)(C)C(=O)O2. The molecule has 14 heavy (non-hydrogen) atoms. The Morgan fingerprint density at radius 1 is 1.43 bits per heavy atom. The summed E-state index contributed by atoms with van der Waals surface area (Å²) in [6, 6.07) is 0. The number of fused-ring (bicyclic) bond motifs is 1. The first-order chi connectivity index (χ1) is 6.53. The van der Waals surface area contributed by atoms with Gasteiger partial charge in [0, 0.05) is 19.4 Å². The molecule has 0 spiro atoms. The summed E-state index contributed by atoms with van der Waals surface area (Å²) in [5, 5.41) is 0. The highest BCUT2D eigenvalue weighted by molar-refractivity contribution is 5.79. The average molecular weight is 198 g/mol. The van der Waals surface area contributed by atoms with E-state index >= 15 is 0 Å². The van der Waals surface area contributed by atoms with Gasteiger partial charge in [-0.25, -0.2) is 0 Å². The minimum absolute atomic E-state index is 0.105. The zero-order chi connectivity index (χ0) is 10.4. The lowest BCUT2D eigenvalue weighted by molar-refractivity contribution is -0.228. The molecule has 0 amide bonds. The van der Waals surface area contributed by atoms with E-state index in [0.717, 1.165) is 19.3 Å². The Kier molecular flexibility index (Phi) is 2.11. The van der Waals surface area contributed by atoms with E-state index in [1.54, 1.807) is 7.11 Å². The second-order valence-corrected chi connectivity index (χ2v) is 4.93. The highest BCUT2D eigenvalue weighted by Crippen LogP contribution is 2.53. The maximum absolute atomic E-state index is 11.7. The minimum atomic E-state index is -0.612. The molecule has 2 rings (SSSR count). The van der Waals surface area contributed by atoms with Gasteiger partial charge in [0.15, 0.2) is 0 Å². The third-order valence-corrected chi connectivity index (χ3v) is 3.81. The molecule has 0 bridgehead atoms. The standard InChI is InChI=1S/C11H18O3/c1-10(2)8-6-4-5-7-11(8,13-3)14-9(10)12/h8H,4-7H2,1-3H3/t8-,11-/m1/s1. The molecule has 2 fully saturated rings. The molecule has 0 radical (unpaired) electrons. The summed E-state index contributed by atoms with van der Waals surface area (Å²) in [5.41, 5.74) is -0.379. The monoisotopic (exact) mass is 198 g/mol. The van der Waals surface area contributed by atoms with Gasteiger partial charge in [0.05, 0.1) is 5.41 Å². The molecule has 1 aliphatic heterocycles. The lowest BCUT2D eigenvalue weighted by Crippen LogP contribution is -2.43. The van der Waals surface area contributed by atoms with Crippen LogP contribution in [0, 0.1) is 11.3 Å². The summed E-state index contributed by atoms with van der Waals surface area (Å²) in [6.07, 6.45) is 4.15. The van der Waals surface area contributed by atoms with Crippen LogP contribution in [-0.2, 0) is 14.3 Å². The third-order valence-electron chi connectivity index (χ3n) is 3.81. The van der Waals surface area contributed by atoms with Gasteiger partial charge in [-0.3, -0.25) is 4.79 Å². The van der Waals surface area contributed by atoms with Gasteiger partial charge in [0.25, 0.3) is 0 Å². The molecule has 80 valence electrons. The molecule has 2 atom stereocenters. The molecule has 1 aliphatic carbocycles. The molecule has 3 nitrogen and oxygen atoms in total. The molecule has 1 saturated carbocycles. The first-order valence-corrected chi connectivity index (χ1v) is 5.31. The topological polar surface area (TPSA) is 35.5 Å². The van der Waals surface area contributed by atoms with Gasteiger partial charge >= 0.3 is 5.97 Å². The average Bonchev–Trinajstić information content (AvgIpc) is 2.37. The van der Waals surface area contributed by atoms with E-state index in [1.807, 2.05) is 13.8 Å². The number of methoxy groups -OCH3 is 1. The van der Waals surface area contributed by atoms with Crippen molar-refractivity contribution in [2.75, 3.05) is 7.11 Å². The van der Waals surface area contributed by atoms with E-state index in [2.05, 4.69) is 0 Å². The minimum Gasteiger partial charge on any atom is -0.432 e. The van der Waals surface area contributed by atoms with Crippen LogP contribution in [0.4, 0.5) is 0 Å². The fourth-order valence-corrected chi connectivity index (χ4v) is 2.86. The summed E-state index contributed by atoms with van der Waals surface area (Å²) in [6.45, 7) is 3.93. The molecule has 2 aliphatic rings. The van der Waals surface area contributed by atoms with E-state index in [1.165, 1.54) is 6.42 Å². The molecule has 0 N–H and O–H groups in total. The third kappa shape index (κ3) is 1.11. The lowest BCUT2D eigenvalue weighted by atomic mass is 9.70. The van der Waals surface area contributed by atoms with Gasteiger partial charge in [-0.2, -0.15) is 0 Å². The molecule has 1 heterocycles. The summed E-state index contributed by atoms with van der Waals surface area (Å²) >= 11 is 0. The lowest BCUT2D eigenvalue weighted by Gasteiger charge is -2.38. The van der Waals surface area contributed by atoms with Crippen LogP contribution in [0.25, 0.3) is 0 Å². The highest BCUT2D eigenvalue weighted by atomic mass is 16.7. The Labute approximate surface area is 84.8 Å². The fraction of sp³-hybridized carbons (Fsp3) is 0.909. The highest BCUT2D eigenvalue weighted by Gasteiger charge is 2.61. The zero-order valence-electron chi connectivity index (χ0n) is 9.13. The first kappa shape index (κ1) is 9.97. The van der Waals surface area contributed by atoms with Crippen LogP contribution in [0.1, 0.15) is 39.5 Å². The van der Waals surface area contributed by atoms with Crippen molar-refractivity contribution in [1.82, 2.24) is 0 Å². The van der Waals surface area contributed by atoms with Gasteiger partial charge in [0.1, 0.15) is 0 Å². The molecule has 0 aromatic rings. The quantitative estimate of drug-likeness (QED) is 0.605. The van der Waals surface area contributed by atoms with Gasteiger partial charge in [-0.05, 0) is 26.7 Å². The maximum Gasteiger partial charge on any atom is 0.314 e. The molecular formula is C11H18O3. The zero-order valence-corrected chi connectivity index (χ0v) is 9.13. The van der Waals surface area contributed by atoms with Crippen LogP contribution in [0.2, 0.25) is 0 Å². The van der Waals surface area contributed by atoms with Crippen molar-refractivity contribution < 1.29 is 14.3 Å². The summed E-state index contributed by atoms with van der Waals surface area (Å²) in [7, 11) is 1.65. The Hall–Kier alpha value is -0.570. The predicted octanol–water partition coefficient (Wildman–Crippen LogP) is 2.10. The van der Waals surface area contributed by atoms with E-state index in [9.17, 15) is 4.79 Å². The Balaban J connectivity index is 2.35. The summed E-state index contributed by atoms with van der Waals surface area (Å²) in [5.74, 6) is -0.494. The molecule has 0 aromatic heterocycles. The van der Waals surface area contributed by atoms with Crippen molar-refractivity contribution in [3.8, 4) is 0 Å². The number of carbonyl (C=O) groups excluding carboxylic acids is 1. The van der Waals surface area contributed by atoms with Crippen LogP contribution >= 0.6 is 0 Å². The van der Waals surface area contributed by atoms with Crippen molar-refractivity contribution in [2.45, 2.75) is 45.3 Å². The fourth-order valence-electron chi connectivity index (χ4n) is 2.86. The van der Waals surface area contributed by atoms with Gasteiger partial charge < -0.3 is 9.47 Å². The number of ether oxygens (including phenoxy) is 2. The van der Waals surface area contributed by atoms with E-state index in [0.29, 0.717) is 0 Å². The van der Waals surface area contributed by atoms with Crippen molar-refractivity contribution in [2.24, 2.45) is 11.3 Å². The van der Waals surface area contributed by atoms with Crippen LogP contribution in [-0.4, -0.2) is 18.9 Å². The normalized spacial score (nSPS) is 40.5. The number of esters is 1. The Bertz CT molecular complexity index is 259. The van der Waals surface area contributed by atoms with Crippen LogP contribution in [0.15, 0.2) is 0 Å². The van der Waals surface area contributed by atoms with E-state index in [-0.39, 0.29) is 17.3 Å².